The molecule has 0 bridgehead atoms. The number of ether oxygens (including phenoxy) is 1. The number of aryl methyl sites for hydroxylation is 1. The van der Waals surface area contributed by atoms with Crippen LogP contribution in [0.1, 0.15) is 21.7 Å². The van der Waals surface area contributed by atoms with Crippen molar-refractivity contribution in [2.45, 2.75) is 25.2 Å². The first-order valence-corrected chi connectivity index (χ1v) is 10.1. The van der Waals surface area contributed by atoms with Crippen LogP contribution in [-0.4, -0.2) is 31.2 Å². The Morgan fingerprint density at radius 2 is 2.07 bits per heavy atom. The summed E-state index contributed by atoms with van der Waals surface area (Å²) in [6.07, 6.45) is 1.72. The van der Waals surface area contributed by atoms with Crippen LogP contribution in [0.5, 0.6) is 5.75 Å². The summed E-state index contributed by atoms with van der Waals surface area (Å²) in [7, 11) is 0. The summed E-state index contributed by atoms with van der Waals surface area (Å²) in [5, 5.41) is 19.8. The van der Waals surface area contributed by atoms with Crippen molar-refractivity contribution in [3.8, 4) is 5.75 Å². The molecule has 0 fully saturated rings. The third-order valence-electron chi connectivity index (χ3n) is 4.27. The van der Waals surface area contributed by atoms with Crippen LogP contribution < -0.4 is 4.74 Å². The van der Waals surface area contributed by atoms with E-state index in [4.69, 9.17) is 4.74 Å². The molecular weight excluding hydrogens is 404 g/mol. The predicted molar refractivity (Wildman–Crippen MR) is 114 cm³/mol. The molecule has 0 saturated carbocycles. The zero-order chi connectivity index (χ0) is 21.5. The molecule has 0 radical (unpaired) electrons. The van der Waals surface area contributed by atoms with Gasteiger partial charge < -0.3 is 4.74 Å². The number of ketones is 1. The number of benzene rings is 2. The average molecular weight is 424 g/mol. The van der Waals surface area contributed by atoms with Crippen molar-refractivity contribution in [1.82, 2.24) is 14.8 Å². The lowest BCUT2D eigenvalue weighted by Gasteiger charge is -2.10. The van der Waals surface area contributed by atoms with E-state index < -0.39 is 4.92 Å². The van der Waals surface area contributed by atoms with Crippen molar-refractivity contribution in [1.29, 1.82) is 0 Å². The maximum absolute atomic E-state index is 12.5. The smallest absolute Gasteiger partial charge is 0.270 e. The molecule has 8 nitrogen and oxygen atoms in total. The van der Waals surface area contributed by atoms with E-state index in [-0.39, 0.29) is 29.4 Å². The molecule has 3 aromatic rings. The van der Waals surface area contributed by atoms with Gasteiger partial charge in [-0.1, -0.05) is 48.2 Å². The first-order valence-electron chi connectivity index (χ1n) is 9.11. The Balaban J connectivity index is 1.69. The molecule has 30 heavy (non-hydrogen) atoms. The number of non-ortho nitro benzene ring substituents is 1. The number of rotatable bonds is 10. The van der Waals surface area contributed by atoms with E-state index in [1.807, 2.05) is 35.8 Å². The van der Waals surface area contributed by atoms with Gasteiger partial charge in [0.2, 0.25) is 0 Å². The Kier molecular flexibility index (Phi) is 6.97. The van der Waals surface area contributed by atoms with Gasteiger partial charge in [-0.25, -0.2) is 0 Å². The van der Waals surface area contributed by atoms with Crippen LogP contribution in [0.4, 0.5) is 5.69 Å². The highest BCUT2D eigenvalue weighted by atomic mass is 32.2. The number of hydrogen-bond donors (Lipinski definition) is 0. The molecule has 9 heteroatoms. The van der Waals surface area contributed by atoms with Gasteiger partial charge in [0.05, 0.1) is 10.7 Å². The minimum Gasteiger partial charge on any atom is -0.485 e. The average Bonchev–Trinajstić information content (AvgIpc) is 3.13. The number of allylic oxidation sites excluding steroid dienone is 1. The van der Waals surface area contributed by atoms with Crippen molar-refractivity contribution < 1.29 is 14.5 Å². The third kappa shape index (κ3) is 5.12. The van der Waals surface area contributed by atoms with Gasteiger partial charge >= 0.3 is 0 Å². The fourth-order valence-electron chi connectivity index (χ4n) is 2.71. The Hall–Kier alpha value is -3.46. The van der Waals surface area contributed by atoms with Gasteiger partial charge in [0.25, 0.3) is 5.69 Å². The second kappa shape index (κ2) is 9.84. The van der Waals surface area contributed by atoms with Crippen LogP contribution in [-0.2, 0) is 13.2 Å². The van der Waals surface area contributed by atoms with Gasteiger partial charge in [-0.05, 0) is 18.6 Å². The number of carbonyl (C=O) groups excluding carboxylic acids is 1. The second-order valence-electron chi connectivity index (χ2n) is 6.37. The molecule has 0 atom stereocenters. The monoisotopic (exact) mass is 424 g/mol. The van der Waals surface area contributed by atoms with Crippen molar-refractivity contribution >= 4 is 23.2 Å². The summed E-state index contributed by atoms with van der Waals surface area (Å²) < 4.78 is 7.69. The van der Waals surface area contributed by atoms with E-state index in [2.05, 4.69) is 16.8 Å². The maximum Gasteiger partial charge on any atom is 0.270 e. The number of thioether (sulfide) groups is 1. The van der Waals surface area contributed by atoms with Gasteiger partial charge in [-0.3, -0.25) is 19.5 Å². The molecule has 3 rings (SSSR count). The number of carbonyl (C=O) groups is 1. The van der Waals surface area contributed by atoms with E-state index in [0.29, 0.717) is 17.5 Å². The number of para-hydroxylation sites is 1. The highest BCUT2D eigenvalue weighted by molar-refractivity contribution is 7.99. The molecule has 0 unspecified atom stereocenters. The molecule has 0 aliphatic carbocycles. The van der Waals surface area contributed by atoms with Crippen molar-refractivity contribution in [3.63, 3.8) is 0 Å². The Morgan fingerprint density at radius 3 is 2.80 bits per heavy atom. The quantitative estimate of drug-likeness (QED) is 0.158. The first-order chi connectivity index (χ1) is 14.5. The highest BCUT2D eigenvalue weighted by Gasteiger charge is 2.16. The van der Waals surface area contributed by atoms with Gasteiger partial charge in [-0.15, -0.1) is 16.8 Å². The number of nitro groups is 1. The van der Waals surface area contributed by atoms with E-state index in [1.54, 1.807) is 12.1 Å². The molecule has 0 spiro atoms. The number of aromatic nitrogens is 3. The molecule has 0 saturated heterocycles. The predicted octanol–water partition coefficient (Wildman–Crippen LogP) is 4.23. The summed E-state index contributed by atoms with van der Waals surface area (Å²) in [4.78, 5) is 22.9. The minimum absolute atomic E-state index is 0.0785. The van der Waals surface area contributed by atoms with E-state index in [1.165, 1.54) is 30.0 Å². The molecule has 154 valence electrons. The van der Waals surface area contributed by atoms with Crippen LogP contribution in [0.25, 0.3) is 0 Å². The highest BCUT2D eigenvalue weighted by Crippen LogP contribution is 2.22. The lowest BCUT2D eigenvalue weighted by molar-refractivity contribution is -0.384. The second-order valence-corrected chi connectivity index (χ2v) is 7.31. The minimum atomic E-state index is -0.522. The Morgan fingerprint density at radius 1 is 1.27 bits per heavy atom. The van der Waals surface area contributed by atoms with Crippen LogP contribution in [0.3, 0.4) is 0 Å². The number of nitro benzene ring substituents is 1. The molecule has 0 aliphatic rings. The molecule has 1 aromatic heterocycles. The summed E-state index contributed by atoms with van der Waals surface area (Å²) >= 11 is 1.22. The SMILES string of the molecule is C=CCn1c(COc2ccccc2C)nnc1SCC(=O)c1cccc([N+](=O)[O-])c1. The number of hydrogen-bond acceptors (Lipinski definition) is 7. The van der Waals surface area contributed by atoms with E-state index in [9.17, 15) is 14.9 Å². The molecule has 0 N–H and O–H groups in total. The van der Waals surface area contributed by atoms with Gasteiger partial charge in [-0.2, -0.15) is 0 Å². The number of nitrogens with zero attached hydrogens (tertiary/aromatic N) is 4. The zero-order valence-electron chi connectivity index (χ0n) is 16.4. The van der Waals surface area contributed by atoms with Crippen molar-refractivity contribution in [3.05, 3.63) is 88.3 Å². The molecule has 0 aliphatic heterocycles. The van der Waals surface area contributed by atoms with Crippen LogP contribution in [0.2, 0.25) is 0 Å². The number of Topliss-reactive ketones (excluding diaryl/α,β-unsaturated/α-hetero) is 1. The summed E-state index contributed by atoms with van der Waals surface area (Å²) in [5.74, 6) is 1.23. The summed E-state index contributed by atoms with van der Waals surface area (Å²) in [5.41, 5.74) is 1.19. The molecular formula is C21H20N4O4S. The van der Waals surface area contributed by atoms with Crippen molar-refractivity contribution in [2.75, 3.05) is 5.75 Å². The van der Waals surface area contributed by atoms with Gasteiger partial charge in [0.1, 0.15) is 12.4 Å². The fraction of sp³-hybridized carbons (Fsp3) is 0.190. The fourth-order valence-corrected chi connectivity index (χ4v) is 3.57. The van der Waals surface area contributed by atoms with Crippen LogP contribution in [0, 0.1) is 17.0 Å². The summed E-state index contributed by atoms with van der Waals surface area (Å²) in [6.45, 7) is 6.42. The zero-order valence-corrected chi connectivity index (χ0v) is 17.2. The Labute approximate surface area is 177 Å². The normalized spacial score (nSPS) is 10.6. The van der Waals surface area contributed by atoms with Crippen LogP contribution in [0.15, 0.2) is 66.3 Å². The maximum atomic E-state index is 12.5. The standard InChI is InChI=1S/C21H20N4O4S/c1-3-11-24-20(13-29-19-10-5-4-7-15(19)2)22-23-21(24)30-14-18(26)16-8-6-9-17(12-16)25(27)28/h3-10,12H,1,11,13-14H2,2H3. The Bertz CT molecular complexity index is 1080. The van der Waals surface area contributed by atoms with Gasteiger partial charge in [0, 0.05) is 24.2 Å². The lowest BCUT2D eigenvalue weighted by atomic mass is 10.1. The third-order valence-corrected chi connectivity index (χ3v) is 5.23. The topological polar surface area (TPSA) is 100 Å². The molecule has 2 aromatic carbocycles. The first kappa shape index (κ1) is 21.3. The lowest BCUT2D eigenvalue weighted by Crippen LogP contribution is -2.09. The molecule has 0 amide bonds. The van der Waals surface area contributed by atoms with Gasteiger partial charge in [0.15, 0.2) is 16.8 Å². The van der Waals surface area contributed by atoms with Crippen molar-refractivity contribution in [2.24, 2.45) is 0 Å². The summed E-state index contributed by atoms with van der Waals surface area (Å²) in [6, 6.07) is 13.4. The van der Waals surface area contributed by atoms with E-state index >= 15 is 0 Å². The van der Waals surface area contributed by atoms with Crippen LogP contribution >= 0.6 is 11.8 Å². The van der Waals surface area contributed by atoms with E-state index in [0.717, 1.165) is 11.3 Å². The largest absolute Gasteiger partial charge is 0.485 e. The molecule has 1 heterocycles.